The van der Waals surface area contributed by atoms with Crippen molar-refractivity contribution in [2.24, 2.45) is 5.10 Å². The van der Waals surface area contributed by atoms with Gasteiger partial charge in [-0.05, 0) is 43.5 Å². The van der Waals surface area contributed by atoms with Gasteiger partial charge in [-0.2, -0.15) is 5.10 Å². The Hall–Kier alpha value is -3.94. The van der Waals surface area contributed by atoms with Crippen molar-refractivity contribution in [3.05, 3.63) is 83.0 Å². The van der Waals surface area contributed by atoms with E-state index in [9.17, 15) is 4.79 Å². The summed E-state index contributed by atoms with van der Waals surface area (Å²) < 4.78 is 11.3. The molecule has 0 aliphatic carbocycles. The van der Waals surface area contributed by atoms with Gasteiger partial charge in [0.2, 0.25) is 0 Å². The van der Waals surface area contributed by atoms with Gasteiger partial charge < -0.3 is 19.3 Å². The van der Waals surface area contributed by atoms with Gasteiger partial charge in [0, 0.05) is 73.0 Å². The van der Waals surface area contributed by atoms with Crippen molar-refractivity contribution in [1.29, 1.82) is 0 Å². The molecule has 5 heterocycles. The number of piperidine rings is 1. The van der Waals surface area contributed by atoms with E-state index >= 15 is 0 Å². The molecule has 0 aromatic heterocycles. The number of rotatable bonds is 5. The highest BCUT2D eigenvalue weighted by Crippen LogP contribution is 2.49. The van der Waals surface area contributed by atoms with E-state index in [2.05, 4.69) is 47.5 Å². The van der Waals surface area contributed by atoms with Crippen LogP contribution in [0.1, 0.15) is 50.2 Å². The number of hydrogen-bond acceptors (Lipinski definition) is 6. The molecule has 1 spiro atoms. The summed E-state index contributed by atoms with van der Waals surface area (Å²) in [4.78, 5) is 20.4. The molecule has 39 heavy (non-hydrogen) atoms. The fraction of sp³-hybridized carbons (Fsp3) is 0.419. The first kappa shape index (κ1) is 25.3. The van der Waals surface area contributed by atoms with Crippen LogP contribution in [0.5, 0.6) is 11.5 Å². The summed E-state index contributed by atoms with van der Waals surface area (Å²) in [5, 5.41) is 6.41. The molecule has 8 nitrogen and oxygen atoms in total. The zero-order valence-corrected chi connectivity index (χ0v) is 23.3. The molecule has 2 saturated heterocycles. The molecule has 0 saturated carbocycles. The van der Waals surface area contributed by atoms with Gasteiger partial charge in [0.05, 0.1) is 32.0 Å². The first-order chi connectivity index (χ1) is 18.9. The highest BCUT2D eigenvalue weighted by Gasteiger charge is 2.55. The number of hydrogen-bond donors (Lipinski definition) is 0. The quantitative estimate of drug-likeness (QED) is 0.517. The van der Waals surface area contributed by atoms with Crippen molar-refractivity contribution >= 4 is 12.2 Å². The van der Waals surface area contributed by atoms with Crippen LogP contribution in [0.3, 0.4) is 0 Å². The molecule has 0 radical (unpaired) electrons. The molecule has 5 aliphatic heterocycles. The minimum absolute atomic E-state index is 0.0843. The second-order valence-electron chi connectivity index (χ2n) is 10.7. The summed E-state index contributed by atoms with van der Waals surface area (Å²) in [6.07, 6.45) is 14.8. The fourth-order valence-corrected chi connectivity index (χ4v) is 6.97. The molecule has 0 N–H and O–H groups in total. The maximum absolute atomic E-state index is 13.9. The molecular weight excluding hydrogens is 490 g/mol. The molecule has 1 atom stereocenters. The largest absolute Gasteiger partial charge is 0.497 e. The van der Waals surface area contributed by atoms with E-state index < -0.39 is 0 Å². The number of methoxy groups -OCH3 is 2. The number of carbonyl (C=O) groups is 1. The molecule has 1 aromatic rings. The van der Waals surface area contributed by atoms with Crippen molar-refractivity contribution < 1.29 is 14.3 Å². The minimum atomic E-state index is -0.332. The molecule has 1 aromatic carbocycles. The lowest BCUT2D eigenvalue weighted by atomic mass is 9.81. The number of carbonyl (C=O) groups excluding carboxylic acids is 1. The van der Waals surface area contributed by atoms with Gasteiger partial charge in [0.15, 0.2) is 0 Å². The second kappa shape index (κ2) is 9.67. The van der Waals surface area contributed by atoms with E-state index in [1.807, 2.05) is 46.6 Å². The lowest BCUT2D eigenvalue weighted by molar-refractivity contribution is 0.108. The predicted molar refractivity (Wildman–Crippen MR) is 152 cm³/mol. The Balaban J connectivity index is 1.31. The molecule has 5 aliphatic rings. The van der Waals surface area contributed by atoms with Gasteiger partial charge in [-0.25, -0.2) is 9.80 Å². The first-order valence-corrected chi connectivity index (χ1v) is 13.8. The molecule has 0 bridgehead atoms. The molecule has 2 fully saturated rings. The van der Waals surface area contributed by atoms with E-state index in [4.69, 9.17) is 9.47 Å². The van der Waals surface area contributed by atoms with Crippen LogP contribution in [-0.2, 0) is 6.54 Å². The van der Waals surface area contributed by atoms with Gasteiger partial charge in [0.25, 0.3) is 0 Å². The van der Waals surface area contributed by atoms with Crippen molar-refractivity contribution in [3.63, 3.8) is 0 Å². The third-order valence-electron chi connectivity index (χ3n) is 8.88. The van der Waals surface area contributed by atoms with Crippen LogP contribution in [0.15, 0.2) is 77.0 Å². The number of likely N-dealkylation sites (tertiary alicyclic amines) is 1. The Morgan fingerprint density at radius 1 is 1.18 bits per heavy atom. The number of allylic oxidation sites excluding steroid dienone is 5. The van der Waals surface area contributed by atoms with Crippen LogP contribution in [-0.4, -0.2) is 71.3 Å². The van der Waals surface area contributed by atoms with Gasteiger partial charge in [-0.15, -0.1) is 0 Å². The highest BCUT2D eigenvalue weighted by molar-refractivity contribution is 5.83. The summed E-state index contributed by atoms with van der Waals surface area (Å²) in [7, 11) is 3.36. The topological polar surface area (TPSA) is 60.9 Å². The van der Waals surface area contributed by atoms with Crippen LogP contribution in [0.2, 0.25) is 0 Å². The lowest BCUT2D eigenvalue weighted by Gasteiger charge is -2.46. The van der Waals surface area contributed by atoms with Crippen LogP contribution < -0.4 is 9.47 Å². The maximum Gasteiger partial charge on any atom is 0.325 e. The van der Waals surface area contributed by atoms with Crippen LogP contribution in [0.4, 0.5) is 4.79 Å². The van der Waals surface area contributed by atoms with E-state index in [1.165, 1.54) is 5.57 Å². The summed E-state index contributed by atoms with van der Waals surface area (Å²) >= 11 is 0. The minimum Gasteiger partial charge on any atom is -0.497 e. The van der Waals surface area contributed by atoms with Crippen molar-refractivity contribution in [1.82, 2.24) is 19.7 Å². The summed E-state index contributed by atoms with van der Waals surface area (Å²) in [6, 6.07) is 4.07. The number of urea groups is 1. The van der Waals surface area contributed by atoms with Gasteiger partial charge in [0.1, 0.15) is 11.5 Å². The summed E-state index contributed by atoms with van der Waals surface area (Å²) in [6.45, 7) is 11.7. The average molecular weight is 528 g/mol. The Morgan fingerprint density at radius 3 is 2.69 bits per heavy atom. The van der Waals surface area contributed by atoms with Crippen LogP contribution in [0.25, 0.3) is 0 Å². The smallest absolute Gasteiger partial charge is 0.325 e. The third kappa shape index (κ3) is 3.87. The lowest BCUT2D eigenvalue weighted by Crippen LogP contribution is -2.53. The number of hydrazone groups is 1. The average Bonchev–Trinajstić information content (AvgIpc) is 3.07. The van der Waals surface area contributed by atoms with Crippen LogP contribution in [0, 0.1) is 0 Å². The molecule has 8 heteroatoms. The number of ether oxygens (including phenoxy) is 2. The third-order valence-corrected chi connectivity index (χ3v) is 8.88. The number of benzene rings is 1. The molecule has 0 unspecified atom stereocenters. The molecular formula is C31H37N5O3. The Labute approximate surface area is 230 Å². The Morgan fingerprint density at radius 2 is 1.97 bits per heavy atom. The number of nitrogens with zero attached hydrogens (tertiary/aromatic N) is 5. The van der Waals surface area contributed by atoms with Crippen molar-refractivity contribution in [2.75, 3.05) is 33.9 Å². The SMILES string of the molecule is C=C(C1=C2C=CC=CN2N=CC1)N1CCC2(CC1)C1=C[C@H](C)c3c(cc(OC)cc3OC)CN1C(=O)N2CC. The van der Waals surface area contributed by atoms with E-state index in [1.54, 1.807) is 14.2 Å². The van der Waals surface area contributed by atoms with Gasteiger partial charge in [-0.1, -0.05) is 25.7 Å². The zero-order chi connectivity index (χ0) is 27.3. The first-order valence-electron chi connectivity index (χ1n) is 13.8. The monoisotopic (exact) mass is 527 g/mol. The molecule has 2 amide bonds. The normalized spacial score (nSPS) is 23.0. The second-order valence-corrected chi connectivity index (χ2v) is 10.7. The van der Waals surface area contributed by atoms with Crippen molar-refractivity contribution in [3.8, 4) is 11.5 Å². The Kier molecular flexibility index (Phi) is 6.28. The number of likely N-dealkylation sites (N-methyl/N-ethyl adjacent to an activating group) is 1. The summed E-state index contributed by atoms with van der Waals surface area (Å²) in [5.41, 5.74) is 6.34. The maximum atomic E-state index is 13.9. The summed E-state index contributed by atoms with van der Waals surface area (Å²) in [5.74, 6) is 1.65. The molecule has 204 valence electrons. The van der Waals surface area contributed by atoms with Gasteiger partial charge >= 0.3 is 6.03 Å². The van der Waals surface area contributed by atoms with Crippen LogP contribution >= 0.6 is 0 Å². The van der Waals surface area contributed by atoms with Crippen molar-refractivity contribution in [2.45, 2.75) is 51.1 Å². The van der Waals surface area contributed by atoms with E-state index in [0.717, 1.165) is 72.1 Å². The standard InChI is InChI=1S/C31H37N5O3/c1-6-35-30(37)34-20-23-18-24(38-4)19-27(39-5)29(23)21(2)17-28(34)31(35)11-15-33(16-12-31)22(3)25-10-13-32-36-14-8-7-9-26(25)36/h7-9,13-14,17-19,21H,3,6,10-12,15-16,20H2,1-2,4-5H3/t21-/m0/s1. The zero-order valence-electron chi connectivity index (χ0n) is 23.3. The predicted octanol–water partition coefficient (Wildman–Crippen LogP) is 5.34. The van der Waals surface area contributed by atoms with E-state index in [-0.39, 0.29) is 17.5 Å². The Bertz CT molecular complexity index is 1360. The highest BCUT2D eigenvalue weighted by atomic mass is 16.5. The number of amides is 2. The van der Waals surface area contributed by atoms with E-state index in [0.29, 0.717) is 13.1 Å². The number of fused-ring (bicyclic) bond motifs is 4. The van der Waals surface area contributed by atoms with Gasteiger partial charge in [-0.3, -0.25) is 4.90 Å². The fourth-order valence-electron chi connectivity index (χ4n) is 6.97. The molecule has 6 rings (SSSR count).